The molecule has 1 unspecified atom stereocenters. The van der Waals surface area contributed by atoms with Gasteiger partial charge in [0.05, 0.1) is 5.56 Å². The zero-order chi connectivity index (χ0) is 14.8. The summed E-state index contributed by atoms with van der Waals surface area (Å²) in [5, 5.41) is 2.93. The third kappa shape index (κ3) is 3.52. The van der Waals surface area contributed by atoms with E-state index in [0.717, 1.165) is 23.6 Å². The third-order valence-electron chi connectivity index (χ3n) is 3.74. The van der Waals surface area contributed by atoms with Gasteiger partial charge in [-0.15, -0.1) is 0 Å². The maximum Gasteiger partial charge on any atom is 0.416 e. The first-order valence-electron chi connectivity index (χ1n) is 6.88. The van der Waals surface area contributed by atoms with E-state index in [1.54, 1.807) is 13.0 Å². The summed E-state index contributed by atoms with van der Waals surface area (Å²) >= 11 is 0. The van der Waals surface area contributed by atoms with Crippen molar-refractivity contribution >= 4 is 5.91 Å². The van der Waals surface area contributed by atoms with Gasteiger partial charge in [-0.25, -0.2) is 0 Å². The number of nitrogens with one attached hydrogen (secondary N) is 1. The number of alkyl halides is 3. The van der Waals surface area contributed by atoms with Gasteiger partial charge in [0, 0.05) is 12.5 Å². The normalized spacial score (nSPS) is 19.1. The molecule has 0 radical (unpaired) electrons. The fourth-order valence-electron chi connectivity index (χ4n) is 2.56. The molecular weight excluding hydrogens is 267 g/mol. The molecule has 2 rings (SSSR count). The van der Waals surface area contributed by atoms with Crippen molar-refractivity contribution in [2.75, 3.05) is 0 Å². The first kappa shape index (κ1) is 14.9. The number of halogens is 3. The van der Waals surface area contributed by atoms with Crippen molar-refractivity contribution in [2.45, 2.75) is 51.2 Å². The van der Waals surface area contributed by atoms with Gasteiger partial charge in [-0.2, -0.15) is 13.2 Å². The smallest absolute Gasteiger partial charge is 0.353 e. The molecule has 0 aliphatic heterocycles. The Morgan fingerprint density at radius 1 is 1.25 bits per heavy atom. The fraction of sp³-hybridized carbons (Fsp3) is 0.533. The number of hydrogen-bond donors (Lipinski definition) is 1. The summed E-state index contributed by atoms with van der Waals surface area (Å²) < 4.78 is 38.1. The molecule has 0 saturated heterocycles. The Bertz CT molecular complexity index is 496. The van der Waals surface area contributed by atoms with Crippen LogP contribution in [-0.2, 0) is 23.8 Å². The van der Waals surface area contributed by atoms with Gasteiger partial charge in [0.25, 0.3) is 0 Å². The molecule has 0 heterocycles. The van der Waals surface area contributed by atoms with E-state index in [4.69, 9.17) is 0 Å². The number of hydrogen-bond acceptors (Lipinski definition) is 1. The van der Waals surface area contributed by atoms with Gasteiger partial charge in [0.1, 0.15) is 0 Å². The number of fused-ring (bicyclic) bond motifs is 1. The molecular formula is C15H18F3NO. The summed E-state index contributed by atoms with van der Waals surface area (Å²) in [7, 11) is 0. The van der Waals surface area contributed by atoms with Crippen molar-refractivity contribution in [3.63, 3.8) is 0 Å². The standard InChI is InChI=1S/C15H18F3NO/c1-2-14(20)19-13-7-4-10-3-6-12(15(16,17)18)9-11(10)5-8-13/h3,6,9,13H,2,4-5,7-8H2,1H3,(H,19,20). The Balaban J connectivity index is 2.11. The Hall–Kier alpha value is -1.52. The number of aryl methyl sites for hydroxylation is 2. The second-order valence-electron chi connectivity index (χ2n) is 5.18. The zero-order valence-electron chi connectivity index (χ0n) is 11.4. The molecule has 0 fully saturated rings. The molecule has 0 bridgehead atoms. The lowest BCUT2D eigenvalue weighted by atomic mass is 10.00. The molecule has 2 nitrogen and oxygen atoms in total. The first-order valence-corrected chi connectivity index (χ1v) is 6.88. The number of carbonyl (C=O) groups excluding carboxylic acids is 1. The minimum Gasteiger partial charge on any atom is -0.353 e. The van der Waals surface area contributed by atoms with E-state index in [-0.39, 0.29) is 11.9 Å². The molecule has 1 aliphatic rings. The number of rotatable bonds is 2. The van der Waals surface area contributed by atoms with E-state index in [9.17, 15) is 18.0 Å². The van der Waals surface area contributed by atoms with Gasteiger partial charge >= 0.3 is 6.18 Å². The summed E-state index contributed by atoms with van der Waals surface area (Å²) in [4.78, 5) is 11.4. The molecule has 1 N–H and O–H groups in total. The van der Waals surface area contributed by atoms with E-state index >= 15 is 0 Å². The monoisotopic (exact) mass is 285 g/mol. The molecule has 0 saturated carbocycles. The third-order valence-corrected chi connectivity index (χ3v) is 3.74. The minimum absolute atomic E-state index is 0.00284. The van der Waals surface area contributed by atoms with Crippen molar-refractivity contribution in [1.82, 2.24) is 5.32 Å². The second kappa shape index (κ2) is 5.85. The predicted molar refractivity (Wildman–Crippen MR) is 70.3 cm³/mol. The highest BCUT2D eigenvalue weighted by Crippen LogP contribution is 2.32. The molecule has 1 aliphatic carbocycles. The molecule has 110 valence electrons. The Labute approximate surface area is 116 Å². The van der Waals surface area contributed by atoms with Crippen LogP contribution in [-0.4, -0.2) is 11.9 Å². The van der Waals surface area contributed by atoms with Gasteiger partial charge < -0.3 is 5.32 Å². The van der Waals surface area contributed by atoms with Crippen molar-refractivity contribution < 1.29 is 18.0 Å². The maximum absolute atomic E-state index is 12.7. The fourth-order valence-corrected chi connectivity index (χ4v) is 2.56. The number of amides is 1. The summed E-state index contributed by atoms with van der Waals surface area (Å²) in [5.74, 6) is -0.00284. The Morgan fingerprint density at radius 3 is 2.50 bits per heavy atom. The van der Waals surface area contributed by atoms with Crippen LogP contribution in [0.25, 0.3) is 0 Å². The lowest BCUT2D eigenvalue weighted by Gasteiger charge is -2.15. The van der Waals surface area contributed by atoms with Gasteiger partial charge in [0.2, 0.25) is 5.91 Å². The summed E-state index contributed by atoms with van der Waals surface area (Å²) in [6.45, 7) is 1.79. The number of benzene rings is 1. The van der Waals surface area contributed by atoms with Crippen molar-refractivity contribution in [1.29, 1.82) is 0 Å². The summed E-state index contributed by atoms with van der Waals surface area (Å²) in [5.41, 5.74) is 1.13. The highest BCUT2D eigenvalue weighted by atomic mass is 19.4. The van der Waals surface area contributed by atoms with Crippen LogP contribution in [0.4, 0.5) is 13.2 Å². The number of carbonyl (C=O) groups is 1. The average Bonchev–Trinajstić information content (AvgIpc) is 2.60. The summed E-state index contributed by atoms with van der Waals surface area (Å²) in [6.07, 6.45) is -1.10. The van der Waals surface area contributed by atoms with Crippen LogP contribution < -0.4 is 5.32 Å². The molecule has 0 spiro atoms. The van der Waals surface area contributed by atoms with Crippen LogP contribution in [0, 0.1) is 0 Å². The molecule has 5 heteroatoms. The van der Waals surface area contributed by atoms with Crippen molar-refractivity contribution in [3.05, 3.63) is 34.9 Å². The van der Waals surface area contributed by atoms with E-state index in [0.29, 0.717) is 25.7 Å². The largest absolute Gasteiger partial charge is 0.416 e. The van der Waals surface area contributed by atoms with Crippen LogP contribution in [0.15, 0.2) is 18.2 Å². The Kier molecular flexibility index (Phi) is 4.35. The zero-order valence-corrected chi connectivity index (χ0v) is 11.4. The van der Waals surface area contributed by atoms with Gasteiger partial charge in [-0.3, -0.25) is 4.79 Å². The summed E-state index contributed by atoms with van der Waals surface area (Å²) in [6, 6.07) is 4.02. The lowest BCUT2D eigenvalue weighted by Crippen LogP contribution is -2.34. The molecule has 20 heavy (non-hydrogen) atoms. The molecule has 1 aromatic rings. The first-order chi connectivity index (χ1) is 9.40. The predicted octanol–water partition coefficient (Wildman–Crippen LogP) is 3.48. The highest BCUT2D eigenvalue weighted by molar-refractivity contribution is 5.75. The quantitative estimate of drug-likeness (QED) is 0.828. The topological polar surface area (TPSA) is 29.1 Å². The van der Waals surface area contributed by atoms with E-state index in [2.05, 4.69) is 5.32 Å². The SMILES string of the molecule is CCC(=O)NC1CCc2ccc(C(F)(F)F)cc2CC1. The van der Waals surface area contributed by atoms with Crippen molar-refractivity contribution in [3.8, 4) is 0 Å². The van der Waals surface area contributed by atoms with Gasteiger partial charge in [-0.05, 0) is 48.9 Å². The van der Waals surface area contributed by atoms with E-state index < -0.39 is 11.7 Å². The molecule has 1 atom stereocenters. The van der Waals surface area contributed by atoms with Gasteiger partial charge in [0.15, 0.2) is 0 Å². The lowest BCUT2D eigenvalue weighted by molar-refractivity contribution is -0.137. The van der Waals surface area contributed by atoms with Crippen molar-refractivity contribution in [2.24, 2.45) is 0 Å². The van der Waals surface area contributed by atoms with Gasteiger partial charge in [-0.1, -0.05) is 13.0 Å². The Morgan fingerprint density at radius 2 is 1.90 bits per heavy atom. The van der Waals surface area contributed by atoms with E-state index in [1.807, 2.05) is 0 Å². The van der Waals surface area contributed by atoms with Crippen LogP contribution in [0.1, 0.15) is 42.9 Å². The second-order valence-corrected chi connectivity index (χ2v) is 5.18. The molecule has 0 aromatic heterocycles. The maximum atomic E-state index is 12.7. The van der Waals surface area contributed by atoms with Crippen LogP contribution in [0.3, 0.4) is 0 Å². The van der Waals surface area contributed by atoms with Crippen LogP contribution in [0.5, 0.6) is 0 Å². The van der Waals surface area contributed by atoms with Crippen LogP contribution >= 0.6 is 0 Å². The van der Waals surface area contributed by atoms with E-state index in [1.165, 1.54) is 6.07 Å². The highest BCUT2D eigenvalue weighted by Gasteiger charge is 2.31. The molecule has 1 amide bonds. The molecule has 1 aromatic carbocycles. The minimum atomic E-state index is -4.29. The average molecular weight is 285 g/mol. The van der Waals surface area contributed by atoms with Crippen LogP contribution in [0.2, 0.25) is 0 Å².